The van der Waals surface area contributed by atoms with Crippen LogP contribution >= 0.6 is 0 Å². The molecule has 0 saturated carbocycles. The fraction of sp³-hybridized carbons (Fsp3) is 0.308. The van der Waals surface area contributed by atoms with Crippen LogP contribution in [0.4, 0.5) is 22.7 Å². The Labute approximate surface area is 185 Å². The molecule has 5 heteroatoms. The van der Waals surface area contributed by atoms with Crippen molar-refractivity contribution < 1.29 is 4.74 Å². The van der Waals surface area contributed by atoms with E-state index in [1.54, 1.807) is 0 Å². The molecule has 0 aliphatic heterocycles. The number of ether oxygens (including phenoxy) is 1. The van der Waals surface area contributed by atoms with E-state index >= 15 is 0 Å². The molecule has 0 aromatic heterocycles. The summed E-state index contributed by atoms with van der Waals surface area (Å²) in [5.74, 6) is 1.39. The standard InChI is InChI=1S/C26H34N4O/c1-25(2,3)20-22(29)19(15-7-9-16(27)10-8-15)23(30)21(26(4,5)6)24(20)31-18-13-11-17(28)12-14-18/h7-14H,27-30H2,1-6H3. The van der Waals surface area contributed by atoms with Crippen molar-refractivity contribution in [3.8, 4) is 22.6 Å². The van der Waals surface area contributed by atoms with Crippen molar-refractivity contribution in [3.05, 3.63) is 59.7 Å². The van der Waals surface area contributed by atoms with Gasteiger partial charge in [-0.15, -0.1) is 0 Å². The summed E-state index contributed by atoms with van der Waals surface area (Å²) in [6.07, 6.45) is 0. The summed E-state index contributed by atoms with van der Waals surface area (Å²) in [6, 6.07) is 15.0. The molecule has 31 heavy (non-hydrogen) atoms. The second kappa shape index (κ2) is 7.73. The molecule has 0 heterocycles. The molecule has 5 nitrogen and oxygen atoms in total. The Hall–Kier alpha value is -3.34. The first-order valence-electron chi connectivity index (χ1n) is 10.5. The number of hydrogen-bond acceptors (Lipinski definition) is 5. The predicted molar refractivity (Wildman–Crippen MR) is 133 cm³/mol. The highest BCUT2D eigenvalue weighted by Gasteiger charge is 2.34. The normalized spacial score (nSPS) is 12.1. The molecule has 0 atom stereocenters. The number of anilines is 4. The summed E-state index contributed by atoms with van der Waals surface area (Å²) in [5, 5.41) is 0. The predicted octanol–water partition coefficient (Wildman–Crippen LogP) is 6.07. The number of benzene rings is 3. The van der Waals surface area contributed by atoms with Gasteiger partial charge in [0.25, 0.3) is 0 Å². The van der Waals surface area contributed by atoms with Crippen molar-refractivity contribution in [1.29, 1.82) is 0 Å². The van der Waals surface area contributed by atoms with Crippen LogP contribution in [0.2, 0.25) is 0 Å². The SMILES string of the molecule is CC(C)(C)c1c(N)c(-c2ccc(N)cc2)c(N)c(C(C)(C)C)c1Oc1ccc(N)cc1. The van der Waals surface area contributed by atoms with E-state index in [0.29, 0.717) is 34.2 Å². The van der Waals surface area contributed by atoms with Gasteiger partial charge in [-0.3, -0.25) is 0 Å². The molecular weight excluding hydrogens is 384 g/mol. The summed E-state index contributed by atoms with van der Waals surface area (Å²) in [4.78, 5) is 0. The van der Waals surface area contributed by atoms with E-state index in [2.05, 4.69) is 41.5 Å². The molecule has 8 N–H and O–H groups in total. The molecule has 3 aromatic carbocycles. The zero-order chi connectivity index (χ0) is 23.1. The quantitative estimate of drug-likeness (QED) is 0.386. The van der Waals surface area contributed by atoms with Gasteiger partial charge in [-0.05, 0) is 52.8 Å². The number of hydrogen-bond donors (Lipinski definition) is 4. The van der Waals surface area contributed by atoms with Crippen LogP contribution in [0, 0.1) is 0 Å². The lowest BCUT2D eigenvalue weighted by Crippen LogP contribution is -2.23. The summed E-state index contributed by atoms with van der Waals surface area (Å²) in [7, 11) is 0. The Morgan fingerprint density at radius 2 is 0.968 bits per heavy atom. The smallest absolute Gasteiger partial charge is 0.139 e. The van der Waals surface area contributed by atoms with Crippen molar-refractivity contribution in [2.45, 2.75) is 52.4 Å². The van der Waals surface area contributed by atoms with E-state index in [1.165, 1.54) is 0 Å². The number of rotatable bonds is 3. The summed E-state index contributed by atoms with van der Waals surface area (Å²) in [5.41, 5.74) is 31.0. The van der Waals surface area contributed by atoms with Crippen LogP contribution in [0.15, 0.2) is 48.5 Å². The zero-order valence-electron chi connectivity index (χ0n) is 19.3. The molecule has 0 radical (unpaired) electrons. The molecule has 0 bridgehead atoms. The van der Waals surface area contributed by atoms with Crippen LogP contribution in [0.1, 0.15) is 52.7 Å². The molecule has 0 aliphatic carbocycles. The Balaban J connectivity index is 2.40. The van der Waals surface area contributed by atoms with Gasteiger partial charge in [0.15, 0.2) is 0 Å². The highest BCUT2D eigenvalue weighted by atomic mass is 16.5. The first-order chi connectivity index (χ1) is 14.3. The molecule has 3 aromatic rings. The van der Waals surface area contributed by atoms with Gasteiger partial charge < -0.3 is 27.7 Å². The molecular formula is C26H34N4O. The van der Waals surface area contributed by atoms with Crippen molar-refractivity contribution in [1.82, 2.24) is 0 Å². The van der Waals surface area contributed by atoms with E-state index in [4.69, 9.17) is 27.7 Å². The molecule has 0 unspecified atom stereocenters. The lowest BCUT2D eigenvalue weighted by atomic mass is 9.75. The largest absolute Gasteiger partial charge is 0.457 e. The van der Waals surface area contributed by atoms with Crippen LogP contribution in [-0.4, -0.2) is 0 Å². The van der Waals surface area contributed by atoms with Crippen LogP contribution in [-0.2, 0) is 10.8 Å². The van der Waals surface area contributed by atoms with Crippen molar-refractivity contribution in [3.63, 3.8) is 0 Å². The average Bonchev–Trinajstić information content (AvgIpc) is 2.62. The first kappa shape index (κ1) is 22.3. The number of nitrogens with two attached hydrogens (primary N) is 4. The zero-order valence-corrected chi connectivity index (χ0v) is 19.3. The van der Waals surface area contributed by atoms with Crippen LogP contribution in [0.5, 0.6) is 11.5 Å². The second-order valence-electron chi connectivity index (χ2n) is 10.1. The Morgan fingerprint density at radius 1 is 0.581 bits per heavy atom. The molecule has 3 rings (SSSR count). The van der Waals surface area contributed by atoms with Gasteiger partial charge in [-0.1, -0.05) is 53.7 Å². The molecule has 0 fully saturated rings. The maximum Gasteiger partial charge on any atom is 0.139 e. The van der Waals surface area contributed by atoms with Crippen LogP contribution in [0.25, 0.3) is 11.1 Å². The minimum atomic E-state index is -0.288. The first-order valence-corrected chi connectivity index (χ1v) is 10.5. The van der Waals surface area contributed by atoms with E-state index in [1.807, 2.05) is 48.5 Å². The second-order valence-corrected chi connectivity index (χ2v) is 10.1. The van der Waals surface area contributed by atoms with E-state index in [-0.39, 0.29) is 10.8 Å². The average molecular weight is 419 g/mol. The third kappa shape index (κ3) is 4.41. The minimum absolute atomic E-state index is 0.288. The Morgan fingerprint density at radius 3 is 1.35 bits per heavy atom. The highest BCUT2D eigenvalue weighted by Crippen LogP contribution is 2.52. The maximum atomic E-state index is 6.82. The third-order valence-corrected chi connectivity index (χ3v) is 5.33. The molecule has 0 spiro atoms. The lowest BCUT2D eigenvalue weighted by molar-refractivity contribution is 0.435. The van der Waals surface area contributed by atoms with E-state index in [0.717, 1.165) is 22.3 Å². The van der Waals surface area contributed by atoms with Gasteiger partial charge in [0.2, 0.25) is 0 Å². The summed E-state index contributed by atoms with van der Waals surface area (Å²) in [6.45, 7) is 12.8. The third-order valence-electron chi connectivity index (χ3n) is 5.33. The number of nitrogen functional groups attached to an aromatic ring is 4. The topological polar surface area (TPSA) is 113 Å². The monoisotopic (exact) mass is 418 g/mol. The van der Waals surface area contributed by atoms with Gasteiger partial charge in [0, 0.05) is 39.4 Å². The molecule has 164 valence electrons. The van der Waals surface area contributed by atoms with Crippen molar-refractivity contribution >= 4 is 22.7 Å². The summed E-state index contributed by atoms with van der Waals surface area (Å²) >= 11 is 0. The van der Waals surface area contributed by atoms with Crippen molar-refractivity contribution in [2.24, 2.45) is 0 Å². The van der Waals surface area contributed by atoms with Gasteiger partial charge in [0.05, 0.1) is 0 Å². The molecule has 0 aliphatic rings. The maximum absolute atomic E-state index is 6.82. The fourth-order valence-electron chi connectivity index (χ4n) is 3.97. The highest BCUT2D eigenvalue weighted by molar-refractivity contribution is 5.94. The fourth-order valence-corrected chi connectivity index (χ4v) is 3.97. The van der Waals surface area contributed by atoms with Gasteiger partial charge >= 0.3 is 0 Å². The van der Waals surface area contributed by atoms with E-state index in [9.17, 15) is 0 Å². The molecule has 0 saturated heterocycles. The minimum Gasteiger partial charge on any atom is -0.457 e. The van der Waals surface area contributed by atoms with Crippen LogP contribution in [0.3, 0.4) is 0 Å². The lowest BCUT2D eigenvalue weighted by Gasteiger charge is -2.34. The van der Waals surface area contributed by atoms with Gasteiger partial charge in [-0.25, -0.2) is 0 Å². The summed E-state index contributed by atoms with van der Waals surface area (Å²) < 4.78 is 6.48. The van der Waals surface area contributed by atoms with E-state index < -0.39 is 0 Å². The Bertz CT molecular complexity index is 1050. The van der Waals surface area contributed by atoms with Crippen LogP contribution < -0.4 is 27.7 Å². The Kier molecular flexibility index (Phi) is 5.57. The van der Waals surface area contributed by atoms with Crippen molar-refractivity contribution in [2.75, 3.05) is 22.9 Å². The molecule has 0 amide bonds. The van der Waals surface area contributed by atoms with Gasteiger partial charge in [-0.2, -0.15) is 0 Å². The van der Waals surface area contributed by atoms with Gasteiger partial charge in [0.1, 0.15) is 11.5 Å².